The zero-order valence-corrected chi connectivity index (χ0v) is 11.5. The van der Waals surface area contributed by atoms with E-state index in [-0.39, 0.29) is 0 Å². The summed E-state index contributed by atoms with van der Waals surface area (Å²) in [5.41, 5.74) is 9.51. The highest BCUT2D eigenvalue weighted by Gasteiger charge is 2.06. The third-order valence-corrected chi connectivity index (χ3v) is 3.22. The summed E-state index contributed by atoms with van der Waals surface area (Å²) in [6.45, 7) is 4.82. The summed E-state index contributed by atoms with van der Waals surface area (Å²) in [6, 6.07) is 19.1. The van der Waals surface area contributed by atoms with Crippen LogP contribution in [0.1, 0.15) is 24.5 Å². The maximum absolute atomic E-state index is 5.73. The van der Waals surface area contributed by atoms with Crippen molar-refractivity contribution in [3.05, 3.63) is 65.7 Å². The first kappa shape index (κ1) is 13.6. The molecule has 0 bridgehead atoms. The van der Waals surface area contributed by atoms with Crippen molar-refractivity contribution in [2.24, 2.45) is 5.73 Å². The van der Waals surface area contributed by atoms with E-state index in [1.165, 1.54) is 16.8 Å². The number of benzene rings is 2. The Bertz CT molecular complexity index is 494. The summed E-state index contributed by atoms with van der Waals surface area (Å²) < 4.78 is 0. The summed E-state index contributed by atoms with van der Waals surface area (Å²) >= 11 is 0. The predicted octanol–water partition coefficient (Wildman–Crippen LogP) is 3.56. The van der Waals surface area contributed by atoms with Crippen LogP contribution in [0, 0.1) is 0 Å². The van der Waals surface area contributed by atoms with Crippen LogP contribution in [0.2, 0.25) is 0 Å². The van der Waals surface area contributed by atoms with Crippen LogP contribution >= 0.6 is 0 Å². The molecule has 0 saturated carbocycles. The van der Waals surface area contributed by atoms with Gasteiger partial charge in [-0.3, -0.25) is 0 Å². The van der Waals surface area contributed by atoms with Crippen LogP contribution in [0.25, 0.3) is 0 Å². The lowest BCUT2D eigenvalue weighted by molar-refractivity contribution is 0.766. The third kappa shape index (κ3) is 3.83. The molecule has 0 fully saturated rings. The molecule has 2 nitrogen and oxygen atoms in total. The quantitative estimate of drug-likeness (QED) is 0.854. The molecule has 100 valence electrons. The topological polar surface area (TPSA) is 29.3 Å². The molecular formula is C17H22N2. The molecule has 2 heteroatoms. The van der Waals surface area contributed by atoms with E-state index in [1.54, 1.807) is 0 Å². The molecule has 0 aliphatic carbocycles. The van der Waals surface area contributed by atoms with Crippen molar-refractivity contribution in [1.29, 1.82) is 0 Å². The smallest absolute Gasteiger partial charge is 0.0429 e. The van der Waals surface area contributed by atoms with Gasteiger partial charge in [0.25, 0.3) is 0 Å². The van der Waals surface area contributed by atoms with Crippen molar-refractivity contribution in [2.75, 3.05) is 11.4 Å². The Kier molecular flexibility index (Phi) is 4.99. The zero-order valence-electron chi connectivity index (χ0n) is 11.5. The molecule has 0 aliphatic heterocycles. The van der Waals surface area contributed by atoms with Gasteiger partial charge >= 0.3 is 0 Å². The van der Waals surface area contributed by atoms with Gasteiger partial charge in [-0.25, -0.2) is 0 Å². The molecule has 0 aliphatic rings. The highest BCUT2D eigenvalue weighted by Crippen LogP contribution is 2.19. The molecule has 0 heterocycles. The van der Waals surface area contributed by atoms with Crippen LogP contribution < -0.4 is 10.6 Å². The van der Waals surface area contributed by atoms with E-state index in [0.717, 1.165) is 19.5 Å². The minimum atomic E-state index is 0.596. The summed E-state index contributed by atoms with van der Waals surface area (Å²) in [5, 5.41) is 0. The zero-order chi connectivity index (χ0) is 13.5. The van der Waals surface area contributed by atoms with E-state index in [0.29, 0.717) is 6.54 Å². The van der Waals surface area contributed by atoms with E-state index >= 15 is 0 Å². The lowest BCUT2D eigenvalue weighted by atomic mass is 10.1. The molecule has 0 unspecified atom stereocenters. The first-order chi connectivity index (χ1) is 9.33. The molecule has 2 aromatic carbocycles. The Morgan fingerprint density at radius 3 is 2.37 bits per heavy atom. The molecule has 19 heavy (non-hydrogen) atoms. The Balaban J connectivity index is 2.19. The Morgan fingerprint density at radius 1 is 0.947 bits per heavy atom. The molecule has 0 saturated heterocycles. The van der Waals surface area contributed by atoms with Gasteiger partial charge in [-0.05, 0) is 29.7 Å². The van der Waals surface area contributed by atoms with Gasteiger partial charge in [-0.2, -0.15) is 0 Å². The van der Waals surface area contributed by atoms with Crippen LogP contribution in [0.3, 0.4) is 0 Å². The molecular weight excluding hydrogens is 232 g/mol. The van der Waals surface area contributed by atoms with E-state index < -0.39 is 0 Å². The second-order valence-corrected chi connectivity index (χ2v) is 4.78. The summed E-state index contributed by atoms with van der Waals surface area (Å²) in [4.78, 5) is 2.41. The summed E-state index contributed by atoms with van der Waals surface area (Å²) in [7, 11) is 0. The number of rotatable bonds is 6. The largest absolute Gasteiger partial charge is 0.367 e. The van der Waals surface area contributed by atoms with E-state index in [9.17, 15) is 0 Å². The van der Waals surface area contributed by atoms with Crippen molar-refractivity contribution in [3.63, 3.8) is 0 Å². The third-order valence-electron chi connectivity index (χ3n) is 3.22. The highest BCUT2D eigenvalue weighted by molar-refractivity contribution is 5.49. The van der Waals surface area contributed by atoms with Crippen LogP contribution in [-0.4, -0.2) is 6.54 Å². The molecule has 0 spiro atoms. The summed E-state index contributed by atoms with van der Waals surface area (Å²) in [6.07, 6.45) is 1.14. The van der Waals surface area contributed by atoms with Gasteiger partial charge < -0.3 is 10.6 Å². The number of nitrogens with two attached hydrogens (primary N) is 1. The maximum atomic E-state index is 5.73. The number of nitrogens with zero attached hydrogens (tertiary/aromatic N) is 1. The summed E-state index contributed by atoms with van der Waals surface area (Å²) in [5.74, 6) is 0. The normalized spacial score (nSPS) is 10.4. The van der Waals surface area contributed by atoms with E-state index in [2.05, 4.69) is 66.4 Å². The molecule has 2 aromatic rings. The van der Waals surface area contributed by atoms with Crippen molar-refractivity contribution in [1.82, 2.24) is 0 Å². The van der Waals surface area contributed by atoms with Crippen LogP contribution in [0.5, 0.6) is 0 Å². The van der Waals surface area contributed by atoms with E-state index in [4.69, 9.17) is 5.73 Å². The fourth-order valence-corrected chi connectivity index (χ4v) is 2.25. The minimum absolute atomic E-state index is 0.596. The van der Waals surface area contributed by atoms with Crippen LogP contribution in [0.4, 0.5) is 5.69 Å². The standard InChI is InChI=1S/C17H22N2/c1-2-11-19(14-15-7-4-3-5-8-15)17-10-6-9-16(12-17)13-18/h3-10,12H,2,11,13-14,18H2,1H3. The minimum Gasteiger partial charge on any atom is -0.367 e. The van der Waals surface area contributed by atoms with Gasteiger partial charge in [0, 0.05) is 25.3 Å². The van der Waals surface area contributed by atoms with Crippen molar-refractivity contribution in [2.45, 2.75) is 26.4 Å². The van der Waals surface area contributed by atoms with Gasteiger partial charge in [-0.1, -0.05) is 49.4 Å². The second kappa shape index (κ2) is 6.95. The van der Waals surface area contributed by atoms with Crippen molar-refractivity contribution < 1.29 is 0 Å². The van der Waals surface area contributed by atoms with Crippen molar-refractivity contribution >= 4 is 5.69 Å². The Hall–Kier alpha value is -1.80. The Labute approximate surface area is 115 Å². The molecule has 2 N–H and O–H groups in total. The highest BCUT2D eigenvalue weighted by atomic mass is 15.1. The average molecular weight is 254 g/mol. The molecule has 0 atom stereocenters. The molecule has 0 aromatic heterocycles. The lowest BCUT2D eigenvalue weighted by Crippen LogP contribution is -2.23. The fourth-order valence-electron chi connectivity index (χ4n) is 2.25. The van der Waals surface area contributed by atoms with Gasteiger partial charge in [0.05, 0.1) is 0 Å². The van der Waals surface area contributed by atoms with Crippen LogP contribution in [-0.2, 0) is 13.1 Å². The maximum Gasteiger partial charge on any atom is 0.0429 e. The second-order valence-electron chi connectivity index (χ2n) is 4.78. The molecule has 2 rings (SSSR count). The van der Waals surface area contributed by atoms with Gasteiger partial charge in [0.15, 0.2) is 0 Å². The average Bonchev–Trinajstić information content (AvgIpc) is 2.48. The number of hydrogen-bond acceptors (Lipinski definition) is 2. The monoisotopic (exact) mass is 254 g/mol. The Morgan fingerprint density at radius 2 is 1.68 bits per heavy atom. The SMILES string of the molecule is CCCN(Cc1ccccc1)c1cccc(CN)c1. The number of anilines is 1. The fraction of sp³-hybridized carbons (Fsp3) is 0.294. The number of hydrogen-bond donors (Lipinski definition) is 1. The molecule has 0 amide bonds. The molecule has 0 radical (unpaired) electrons. The van der Waals surface area contributed by atoms with Gasteiger partial charge in [0.1, 0.15) is 0 Å². The van der Waals surface area contributed by atoms with Crippen molar-refractivity contribution in [3.8, 4) is 0 Å². The first-order valence-electron chi connectivity index (χ1n) is 6.91. The van der Waals surface area contributed by atoms with Crippen LogP contribution in [0.15, 0.2) is 54.6 Å². The first-order valence-corrected chi connectivity index (χ1v) is 6.91. The predicted molar refractivity (Wildman–Crippen MR) is 82.1 cm³/mol. The lowest BCUT2D eigenvalue weighted by Gasteiger charge is -2.25. The van der Waals surface area contributed by atoms with E-state index in [1.807, 2.05) is 0 Å². The van der Waals surface area contributed by atoms with Gasteiger partial charge in [0.2, 0.25) is 0 Å². The van der Waals surface area contributed by atoms with Gasteiger partial charge in [-0.15, -0.1) is 0 Å².